The second-order valence-electron chi connectivity index (χ2n) is 2.66. The van der Waals surface area contributed by atoms with Crippen LogP contribution in [0.1, 0.15) is 15.4 Å². The number of rotatable bonds is 1. The molecule has 0 radical (unpaired) electrons. The van der Waals surface area contributed by atoms with Crippen LogP contribution in [0.3, 0.4) is 0 Å². The molecule has 0 aliphatic heterocycles. The summed E-state index contributed by atoms with van der Waals surface area (Å²) in [5.74, 6) is -0.0481. The maximum absolute atomic E-state index is 11.4. The summed E-state index contributed by atoms with van der Waals surface area (Å²) in [4.78, 5) is 17.0. The highest BCUT2D eigenvalue weighted by molar-refractivity contribution is 7.11. The second-order valence-corrected chi connectivity index (χ2v) is 3.64. The molecular formula is C8H13N3OS. The van der Waals surface area contributed by atoms with Crippen LogP contribution in [0.5, 0.6) is 0 Å². The van der Waals surface area contributed by atoms with Crippen LogP contribution in [0.4, 0.5) is 0 Å². The van der Waals surface area contributed by atoms with Crippen LogP contribution in [-0.4, -0.2) is 24.6 Å². The van der Waals surface area contributed by atoms with Gasteiger partial charge in [0, 0.05) is 26.8 Å². The molecular weight excluding hydrogens is 186 g/mol. The van der Waals surface area contributed by atoms with E-state index in [2.05, 4.69) is 10.3 Å². The minimum Gasteiger partial charge on any atom is -0.354 e. The van der Waals surface area contributed by atoms with E-state index < -0.39 is 0 Å². The number of carbonyl (C=O) groups excluding carboxylic acids is 1. The van der Waals surface area contributed by atoms with Crippen LogP contribution in [0.2, 0.25) is 0 Å². The van der Waals surface area contributed by atoms with Crippen molar-refractivity contribution in [2.75, 3.05) is 14.1 Å². The minimum atomic E-state index is -0.0481. The maximum atomic E-state index is 11.4. The Balaban J connectivity index is 3.34. The summed E-state index contributed by atoms with van der Waals surface area (Å²) >= 11 is 1.40. The first kappa shape index (κ1) is 9.98. The fourth-order valence-electron chi connectivity index (χ4n) is 1.05. The van der Waals surface area contributed by atoms with E-state index in [1.165, 1.54) is 11.3 Å². The van der Waals surface area contributed by atoms with Crippen molar-refractivity contribution in [2.45, 2.75) is 6.92 Å². The molecule has 13 heavy (non-hydrogen) atoms. The molecule has 0 unspecified atom stereocenters. The molecule has 1 aromatic rings. The molecule has 0 bridgehead atoms. The first-order valence-corrected chi connectivity index (χ1v) is 4.74. The molecule has 1 N–H and O–H groups in total. The normalized spacial score (nSPS) is 11.8. The Morgan fingerprint density at radius 3 is 2.62 bits per heavy atom. The van der Waals surface area contributed by atoms with Crippen molar-refractivity contribution in [1.29, 1.82) is 0 Å². The average Bonchev–Trinajstić information content (AvgIpc) is 2.43. The van der Waals surface area contributed by atoms with Gasteiger partial charge in [0.1, 0.15) is 4.88 Å². The molecule has 0 aliphatic carbocycles. The Bertz CT molecular complexity index is 389. The fourth-order valence-corrected chi connectivity index (χ4v) is 2.08. The van der Waals surface area contributed by atoms with Crippen LogP contribution in [0.15, 0.2) is 4.99 Å². The monoisotopic (exact) mass is 199 g/mol. The van der Waals surface area contributed by atoms with Crippen molar-refractivity contribution in [3.63, 3.8) is 0 Å². The minimum absolute atomic E-state index is 0.0481. The second kappa shape index (κ2) is 3.74. The van der Waals surface area contributed by atoms with Gasteiger partial charge in [-0.25, -0.2) is 0 Å². The zero-order valence-electron chi connectivity index (χ0n) is 8.21. The van der Waals surface area contributed by atoms with Gasteiger partial charge in [-0.2, -0.15) is 0 Å². The summed E-state index contributed by atoms with van der Waals surface area (Å²) in [5.41, 5.74) is 0.949. The van der Waals surface area contributed by atoms with Gasteiger partial charge in [0.05, 0.1) is 0 Å². The van der Waals surface area contributed by atoms with E-state index >= 15 is 0 Å². The highest BCUT2D eigenvalue weighted by atomic mass is 32.1. The van der Waals surface area contributed by atoms with Crippen molar-refractivity contribution < 1.29 is 4.79 Å². The van der Waals surface area contributed by atoms with Gasteiger partial charge in [-0.1, -0.05) is 11.3 Å². The Hall–Kier alpha value is -1.10. The fraction of sp³-hybridized carbons (Fsp3) is 0.500. The van der Waals surface area contributed by atoms with Crippen molar-refractivity contribution in [2.24, 2.45) is 12.0 Å². The average molecular weight is 199 g/mol. The van der Waals surface area contributed by atoms with E-state index in [-0.39, 0.29) is 5.91 Å². The van der Waals surface area contributed by atoms with Crippen molar-refractivity contribution >= 4 is 17.2 Å². The van der Waals surface area contributed by atoms with Gasteiger partial charge in [0.2, 0.25) is 0 Å². The highest BCUT2D eigenvalue weighted by Crippen LogP contribution is 2.09. The molecule has 72 valence electrons. The van der Waals surface area contributed by atoms with Crippen molar-refractivity contribution in [3.8, 4) is 0 Å². The lowest BCUT2D eigenvalue weighted by molar-refractivity contribution is 0.0966. The Labute approximate surface area is 80.9 Å². The zero-order chi connectivity index (χ0) is 10.0. The lowest BCUT2D eigenvalue weighted by Crippen LogP contribution is -2.17. The number of nitrogens with zero attached hydrogens (tertiary/aromatic N) is 2. The van der Waals surface area contributed by atoms with Crippen LogP contribution in [0.25, 0.3) is 0 Å². The summed E-state index contributed by atoms with van der Waals surface area (Å²) in [6.45, 7) is 1.91. The summed E-state index contributed by atoms with van der Waals surface area (Å²) in [6, 6.07) is 0. The number of hydrogen-bond acceptors (Lipinski definition) is 3. The van der Waals surface area contributed by atoms with Crippen LogP contribution in [-0.2, 0) is 7.05 Å². The van der Waals surface area contributed by atoms with Gasteiger partial charge < -0.3 is 9.88 Å². The molecule has 0 atom stereocenters. The van der Waals surface area contributed by atoms with Crippen LogP contribution < -0.4 is 10.1 Å². The highest BCUT2D eigenvalue weighted by Gasteiger charge is 2.12. The van der Waals surface area contributed by atoms with Gasteiger partial charge in [-0.3, -0.25) is 9.79 Å². The molecule has 0 aromatic carbocycles. The Morgan fingerprint density at radius 1 is 1.62 bits per heavy atom. The maximum Gasteiger partial charge on any atom is 0.263 e. The molecule has 5 heteroatoms. The van der Waals surface area contributed by atoms with E-state index in [1.54, 1.807) is 14.1 Å². The zero-order valence-corrected chi connectivity index (χ0v) is 9.03. The summed E-state index contributed by atoms with van der Waals surface area (Å²) in [6.07, 6.45) is 0. The predicted octanol–water partition coefficient (Wildman–Crippen LogP) is 0.285. The smallest absolute Gasteiger partial charge is 0.263 e. The molecule has 0 saturated carbocycles. The number of aromatic nitrogens is 1. The molecule has 1 heterocycles. The van der Waals surface area contributed by atoms with E-state index in [0.717, 1.165) is 15.4 Å². The molecule has 0 fully saturated rings. The summed E-state index contributed by atoms with van der Waals surface area (Å²) in [5, 5.41) is 2.60. The third-order valence-electron chi connectivity index (χ3n) is 1.94. The third-order valence-corrected chi connectivity index (χ3v) is 3.26. The van der Waals surface area contributed by atoms with Gasteiger partial charge in [0.15, 0.2) is 4.80 Å². The molecule has 0 spiro atoms. The topological polar surface area (TPSA) is 46.4 Å². The summed E-state index contributed by atoms with van der Waals surface area (Å²) < 4.78 is 1.91. The molecule has 0 saturated heterocycles. The largest absolute Gasteiger partial charge is 0.354 e. The molecule has 1 aromatic heterocycles. The van der Waals surface area contributed by atoms with E-state index in [4.69, 9.17) is 0 Å². The number of thiazole rings is 1. The lowest BCUT2D eigenvalue weighted by atomic mass is 10.4. The SMILES string of the molecule is C/N=c1\sc(C(=O)NC)c(C)n1C. The molecule has 1 rings (SSSR count). The van der Waals surface area contributed by atoms with Crippen molar-refractivity contribution in [3.05, 3.63) is 15.4 Å². The Kier molecular flexibility index (Phi) is 2.87. The number of amides is 1. The Morgan fingerprint density at radius 2 is 2.23 bits per heavy atom. The van der Waals surface area contributed by atoms with Gasteiger partial charge in [-0.15, -0.1) is 0 Å². The number of nitrogens with one attached hydrogen (secondary N) is 1. The van der Waals surface area contributed by atoms with Crippen molar-refractivity contribution in [1.82, 2.24) is 9.88 Å². The molecule has 4 nitrogen and oxygen atoms in total. The molecule has 0 aliphatic rings. The third kappa shape index (κ3) is 1.65. The van der Waals surface area contributed by atoms with Gasteiger partial charge in [-0.05, 0) is 6.92 Å². The summed E-state index contributed by atoms with van der Waals surface area (Å²) in [7, 11) is 5.25. The lowest BCUT2D eigenvalue weighted by Gasteiger charge is -1.97. The predicted molar refractivity (Wildman–Crippen MR) is 52.9 cm³/mol. The quantitative estimate of drug-likeness (QED) is 0.694. The van der Waals surface area contributed by atoms with E-state index in [0.29, 0.717) is 0 Å². The van der Waals surface area contributed by atoms with Gasteiger partial charge in [0.25, 0.3) is 5.91 Å². The standard InChI is InChI=1S/C8H13N3OS/c1-5-6(7(12)9-2)13-8(10-3)11(5)4/h1-4H3,(H,9,12)/b10-8-. The van der Waals surface area contributed by atoms with Gasteiger partial charge >= 0.3 is 0 Å². The van der Waals surface area contributed by atoms with E-state index in [1.807, 2.05) is 18.5 Å². The number of carbonyl (C=O) groups is 1. The van der Waals surface area contributed by atoms with E-state index in [9.17, 15) is 4.79 Å². The number of hydrogen-bond donors (Lipinski definition) is 1. The molecule has 1 amide bonds. The van der Waals surface area contributed by atoms with Crippen LogP contribution >= 0.6 is 11.3 Å². The first-order valence-electron chi connectivity index (χ1n) is 3.93. The first-order chi connectivity index (χ1) is 6.11. The van der Waals surface area contributed by atoms with Crippen LogP contribution in [0, 0.1) is 6.92 Å².